The van der Waals surface area contributed by atoms with Gasteiger partial charge in [-0.15, -0.1) is 0 Å². The van der Waals surface area contributed by atoms with Gasteiger partial charge in [0.15, 0.2) is 0 Å². The summed E-state index contributed by atoms with van der Waals surface area (Å²) < 4.78 is 89.5. The number of aryl methyl sites for hydroxylation is 1. The SMILES string of the molecule is [2H]C([2H])([2H])C(C)(C)NS(=O)(=O)c1cccc(Nc2nc(Nc3ccc(OC([2H])([2H])C([2H])([2H])N4CCCC4)cc3)ncc2C)c1. The predicted molar refractivity (Wildman–Crippen MR) is 147 cm³/mol. The topological polar surface area (TPSA) is 108 Å². The minimum atomic E-state index is -4.15. The molecular weight excluding hydrogens is 488 g/mol. The van der Waals surface area contributed by atoms with E-state index in [-0.39, 0.29) is 16.6 Å². The maximum absolute atomic E-state index is 13.0. The van der Waals surface area contributed by atoms with Gasteiger partial charge >= 0.3 is 0 Å². The number of rotatable bonds is 10. The fourth-order valence-electron chi connectivity index (χ4n) is 3.61. The van der Waals surface area contributed by atoms with E-state index in [1.165, 1.54) is 49.1 Å². The Balaban J connectivity index is 1.45. The first kappa shape index (κ1) is 18.9. The first-order valence-corrected chi connectivity index (χ1v) is 13.3. The number of aromatic nitrogens is 2. The van der Waals surface area contributed by atoms with E-state index in [1.807, 2.05) is 0 Å². The van der Waals surface area contributed by atoms with Crippen molar-refractivity contribution in [1.82, 2.24) is 19.6 Å². The van der Waals surface area contributed by atoms with Crippen molar-refractivity contribution in [3.8, 4) is 5.75 Å². The van der Waals surface area contributed by atoms with E-state index in [0.717, 1.165) is 12.8 Å². The molecule has 1 saturated heterocycles. The summed E-state index contributed by atoms with van der Waals surface area (Å²) in [6, 6.07) is 12.2. The summed E-state index contributed by atoms with van der Waals surface area (Å²) in [6.07, 6.45) is 3.20. The van der Waals surface area contributed by atoms with E-state index >= 15 is 0 Å². The normalized spacial score (nSPS) is 18.4. The summed E-state index contributed by atoms with van der Waals surface area (Å²) in [7, 11) is -4.15. The second kappa shape index (κ2) is 11.5. The molecule has 0 radical (unpaired) electrons. The summed E-state index contributed by atoms with van der Waals surface area (Å²) in [5, 5.41) is 6.13. The van der Waals surface area contributed by atoms with Gasteiger partial charge in [-0.1, -0.05) is 6.07 Å². The second-order valence-electron chi connectivity index (χ2n) is 9.27. The van der Waals surface area contributed by atoms with Crippen molar-refractivity contribution in [3.63, 3.8) is 0 Å². The third-order valence-corrected chi connectivity index (χ3v) is 7.01. The molecule has 37 heavy (non-hydrogen) atoms. The lowest BCUT2D eigenvalue weighted by molar-refractivity contribution is 0.238. The molecule has 1 aliphatic rings. The standard InChI is InChI=1S/C27H36N6O3S/c1-20-19-28-26(30-21-10-12-23(13-11-21)36-17-16-33-14-5-6-15-33)31-25(20)29-22-8-7-9-24(18-22)37(34,35)32-27(2,3)4/h7-13,18-19,32H,5-6,14-17H2,1-4H3,(H2,28,29,30,31)/i2D3,16D2,17D2. The summed E-state index contributed by atoms with van der Waals surface area (Å²) in [5.41, 5.74) is -0.0527. The fraction of sp³-hybridized carbons (Fsp3) is 0.407. The van der Waals surface area contributed by atoms with Crippen molar-refractivity contribution >= 4 is 33.2 Å². The highest BCUT2D eigenvalue weighted by atomic mass is 32.2. The zero-order valence-electron chi connectivity index (χ0n) is 28.0. The van der Waals surface area contributed by atoms with Crippen LogP contribution in [0.2, 0.25) is 0 Å². The molecule has 0 atom stereocenters. The van der Waals surface area contributed by atoms with Crippen molar-refractivity contribution in [2.75, 3.05) is 36.8 Å². The molecule has 0 aliphatic carbocycles. The average Bonchev–Trinajstić information content (AvgIpc) is 3.47. The van der Waals surface area contributed by atoms with Crippen molar-refractivity contribution < 1.29 is 22.7 Å². The lowest BCUT2D eigenvalue weighted by atomic mass is 10.1. The van der Waals surface area contributed by atoms with Crippen LogP contribution in [-0.2, 0) is 10.0 Å². The third-order valence-electron chi connectivity index (χ3n) is 5.36. The van der Waals surface area contributed by atoms with Crippen molar-refractivity contribution in [2.45, 2.75) is 50.9 Å². The molecule has 3 aromatic rings. The molecule has 1 aromatic heterocycles. The van der Waals surface area contributed by atoms with Crippen LogP contribution in [0.4, 0.5) is 23.1 Å². The Morgan fingerprint density at radius 2 is 1.86 bits per heavy atom. The van der Waals surface area contributed by atoms with Gasteiger partial charge in [-0.3, -0.25) is 4.90 Å². The van der Waals surface area contributed by atoms with Crippen molar-refractivity contribution in [2.24, 2.45) is 0 Å². The predicted octanol–water partition coefficient (Wildman–Crippen LogP) is 4.82. The van der Waals surface area contributed by atoms with Gasteiger partial charge in [-0.05, 0) is 96.0 Å². The number of hydrogen-bond donors (Lipinski definition) is 3. The molecule has 198 valence electrons. The lowest BCUT2D eigenvalue weighted by Gasteiger charge is -2.20. The smallest absolute Gasteiger partial charge is 0.241 e. The quantitative estimate of drug-likeness (QED) is 0.342. The number of benzene rings is 2. The van der Waals surface area contributed by atoms with E-state index < -0.39 is 35.5 Å². The highest BCUT2D eigenvalue weighted by molar-refractivity contribution is 7.89. The number of nitrogens with zero attached hydrogens (tertiary/aromatic N) is 3. The molecule has 0 spiro atoms. The molecule has 4 rings (SSSR count). The number of nitrogens with one attached hydrogen (secondary N) is 3. The molecule has 10 heteroatoms. The average molecular weight is 532 g/mol. The number of likely N-dealkylation sites (tertiary alicyclic amines) is 1. The van der Waals surface area contributed by atoms with Gasteiger partial charge in [0.2, 0.25) is 16.0 Å². The van der Waals surface area contributed by atoms with Crippen LogP contribution in [0.3, 0.4) is 0 Å². The maximum Gasteiger partial charge on any atom is 0.241 e. The zero-order valence-corrected chi connectivity index (χ0v) is 21.8. The van der Waals surface area contributed by atoms with Gasteiger partial charge in [0.1, 0.15) is 18.1 Å². The minimum absolute atomic E-state index is 0.120. The molecule has 2 heterocycles. The van der Waals surface area contributed by atoms with Gasteiger partial charge in [0.25, 0.3) is 0 Å². The molecule has 0 bridgehead atoms. The highest BCUT2D eigenvalue weighted by Gasteiger charge is 2.22. The second-order valence-corrected chi connectivity index (χ2v) is 11.0. The van der Waals surface area contributed by atoms with Crippen LogP contribution in [-0.4, -0.2) is 55.0 Å². The van der Waals surface area contributed by atoms with E-state index in [0.29, 0.717) is 35.8 Å². The lowest BCUT2D eigenvalue weighted by Crippen LogP contribution is -2.40. The Hall–Kier alpha value is -3.21. The molecule has 9 nitrogen and oxygen atoms in total. The van der Waals surface area contributed by atoms with Gasteiger partial charge in [-0.2, -0.15) is 4.98 Å². The van der Waals surface area contributed by atoms with E-state index in [1.54, 1.807) is 31.3 Å². The van der Waals surface area contributed by atoms with E-state index in [9.17, 15) is 8.42 Å². The molecule has 1 aliphatic heterocycles. The first-order chi connectivity index (χ1) is 20.3. The van der Waals surface area contributed by atoms with Crippen LogP contribution < -0.4 is 20.1 Å². The van der Waals surface area contributed by atoms with Crippen molar-refractivity contribution in [1.29, 1.82) is 0 Å². The van der Waals surface area contributed by atoms with Crippen LogP contribution >= 0.6 is 0 Å². The Morgan fingerprint density at radius 3 is 2.59 bits per heavy atom. The van der Waals surface area contributed by atoms with Gasteiger partial charge in [-0.25, -0.2) is 18.1 Å². The van der Waals surface area contributed by atoms with E-state index in [4.69, 9.17) is 14.3 Å². The molecule has 0 saturated carbocycles. The van der Waals surface area contributed by atoms with Crippen LogP contribution in [0.15, 0.2) is 59.6 Å². The van der Waals surface area contributed by atoms with Crippen LogP contribution in [0.25, 0.3) is 0 Å². The molecular formula is C27H36N6O3S. The Bertz CT molecular complexity index is 1580. The van der Waals surface area contributed by atoms with Crippen LogP contribution in [0.5, 0.6) is 5.75 Å². The Labute approximate surface area is 229 Å². The largest absolute Gasteiger partial charge is 0.492 e. The zero-order chi connectivity index (χ0) is 32.6. The summed E-state index contributed by atoms with van der Waals surface area (Å²) in [4.78, 5) is 10.1. The monoisotopic (exact) mass is 531 g/mol. The number of anilines is 4. The number of ether oxygens (including phenoxy) is 1. The van der Waals surface area contributed by atoms with Gasteiger partial charge in [0.05, 0.1) is 7.64 Å². The molecule has 1 fully saturated rings. The highest BCUT2D eigenvalue weighted by Crippen LogP contribution is 2.24. The molecule has 0 amide bonds. The number of hydrogen-bond acceptors (Lipinski definition) is 8. The Morgan fingerprint density at radius 1 is 1.11 bits per heavy atom. The van der Waals surface area contributed by atoms with Crippen LogP contribution in [0.1, 0.15) is 48.7 Å². The Kier molecular flexibility index (Phi) is 5.86. The molecule has 0 unspecified atom stereocenters. The van der Waals surface area contributed by atoms with Crippen molar-refractivity contribution in [3.05, 3.63) is 60.3 Å². The van der Waals surface area contributed by atoms with Gasteiger partial charge in [0, 0.05) is 42.0 Å². The first-order valence-electron chi connectivity index (χ1n) is 15.4. The molecule has 3 N–H and O–H groups in total. The molecule has 2 aromatic carbocycles. The van der Waals surface area contributed by atoms with E-state index in [2.05, 4.69) is 25.3 Å². The van der Waals surface area contributed by atoms with Crippen LogP contribution in [0, 0.1) is 6.92 Å². The summed E-state index contributed by atoms with van der Waals surface area (Å²) in [5.74, 6) is 0.768. The maximum atomic E-state index is 13.0. The number of sulfonamides is 1. The third kappa shape index (κ3) is 7.88. The van der Waals surface area contributed by atoms with Gasteiger partial charge < -0.3 is 15.4 Å². The fourth-order valence-corrected chi connectivity index (χ4v) is 4.94. The summed E-state index contributed by atoms with van der Waals surface area (Å²) in [6.45, 7) is -2.12. The summed E-state index contributed by atoms with van der Waals surface area (Å²) >= 11 is 0. The minimum Gasteiger partial charge on any atom is -0.492 e.